The quantitative estimate of drug-likeness (QED) is 0.133. The maximum atomic E-state index is 14.4. The Bertz CT molecular complexity index is 1910. The summed E-state index contributed by atoms with van der Waals surface area (Å²) in [5.74, 6) is -1.64. The third-order valence-electron chi connectivity index (χ3n) is 8.41. The number of methoxy groups -OCH3 is 1. The summed E-state index contributed by atoms with van der Waals surface area (Å²) in [6, 6.07) is 24.7. The van der Waals surface area contributed by atoms with E-state index in [4.69, 9.17) is 9.26 Å². The first-order valence-electron chi connectivity index (χ1n) is 16.5. The standard InChI is InChI=1S/C39H42FN3O7.Na/c1-24(2)43-33(17-16-31(44)20-32(45)21-35(46)47)36(27-12-14-29(40)15-13-27)37(26-9-5-4-6-10-26)38(43)39(48)41-22-30-19-34(50-42-30)28-11-7-8-25(18-28)23-49-3;/h4-15,18-19,24,31-32,44-45H,16-17,20-23H2,1-3H3,(H,41,48)(H,46,47);/q;+1/p-1/t31-,32-;/m1./s1. The smallest absolute Gasteiger partial charge is 0.550 e. The molecule has 3 N–H and O–H groups in total. The number of nitrogens with one attached hydrogen (secondary N) is 1. The number of amides is 1. The predicted octanol–water partition coefficient (Wildman–Crippen LogP) is 2.46. The number of benzene rings is 3. The van der Waals surface area contributed by atoms with Crippen LogP contribution < -0.4 is 40.0 Å². The summed E-state index contributed by atoms with van der Waals surface area (Å²) in [6.07, 6.45) is -2.61. The molecular formula is C39H41FN3NaO7. The van der Waals surface area contributed by atoms with Crippen LogP contribution in [-0.2, 0) is 29.1 Å². The molecule has 1 amide bonds. The number of nitrogens with zero attached hydrogens (tertiary/aromatic N) is 2. The van der Waals surface area contributed by atoms with Crippen molar-refractivity contribution in [1.29, 1.82) is 0 Å². The van der Waals surface area contributed by atoms with E-state index < -0.39 is 30.4 Å². The van der Waals surface area contributed by atoms with Gasteiger partial charge in [0.25, 0.3) is 5.91 Å². The number of carboxylic acid groups (broad SMARTS) is 1. The average molecular weight is 706 g/mol. The Balaban J connectivity index is 0.00000583. The fourth-order valence-electron chi connectivity index (χ4n) is 6.27. The molecule has 5 aromatic rings. The number of halogens is 1. The van der Waals surface area contributed by atoms with Crippen LogP contribution in [0, 0.1) is 5.82 Å². The van der Waals surface area contributed by atoms with Gasteiger partial charge in [-0.05, 0) is 68.0 Å². The number of aliphatic hydroxyl groups is 2. The van der Waals surface area contributed by atoms with Crippen molar-refractivity contribution in [1.82, 2.24) is 15.0 Å². The molecule has 0 spiro atoms. The van der Waals surface area contributed by atoms with Crippen LogP contribution in [0.4, 0.5) is 4.39 Å². The van der Waals surface area contributed by atoms with Crippen molar-refractivity contribution >= 4 is 11.9 Å². The van der Waals surface area contributed by atoms with Crippen molar-refractivity contribution in [3.63, 3.8) is 0 Å². The van der Waals surface area contributed by atoms with Crippen molar-refractivity contribution in [3.05, 3.63) is 113 Å². The van der Waals surface area contributed by atoms with Crippen molar-refractivity contribution in [2.75, 3.05) is 7.11 Å². The molecule has 51 heavy (non-hydrogen) atoms. The molecular weight excluding hydrogens is 664 g/mol. The fourth-order valence-corrected chi connectivity index (χ4v) is 6.27. The topological polar surface area (TPSA) is 150 Å². The predicted molar refractivity (Wildman–Crippen MR) is 184 cm³/mol. The third-order valence-corrected chi connectivity index (χ3v) is 8.41. The number of rotatable bonds is 16. The molecule has 3 aromatic carbocycles. The molecule has 0 unspecified atom stereocenters. The first-order chi connectivity index (χ1) is 24.0. The van der Waals surface area contributed by atoms with Crippen LogP contribution >= 0.6 is 0 Å². The van der Waals surface area contributed by atoms with E-state index in [0.29, 0.717) is 40.4 Å². The van der Waals surface area contributed by atoms with E-state index in [0.717, 1.165) is 22.4 Å². The SMILES string of the molecule is COCc1cccc(-c2cc(CNC(=O)c3c(-c4ccccc4)c(-c4ccc(F)cc4)c(CC[C@@H](O)C[C@@H](O)CC(=O)[O-])n3C(C)C)no2)c1.[Na+]. The van der Waals surface area contributed by atoms with Crippen molar-refractivity contribution < 1.29 is 68.1 Å². The zero-order valence-corrected chi connectivity index (χ0v) is 31.3. The van der Waals surface area contributed by atoms with Gasteiger partial charge in [-0.1, -0.05) is 65.8 Å². The van der Waals surface area contributed by atoms with Crippen LogP contribution in [0.25, 0.3) is 33.6 Å². The van der Waals surface area contributed by atoms with Crippen LogP contribution in [0.3, 0.4) is 0 Å². The van der Waals surface area contributed by atoms with E-state index in [2.05, 4.69) is 10.5 Å². The summed E-state index contributed by atoms with van der Waals surface area (Å²) in [6.45, 7) is 4.43. The summed E-state index contributed by atoms with van der Waals surface area (Å²) in [4.78, 5) is 25.3. The zero-order valence-electron chi connectivity index (χ0n) is 29.3. The van der Waals surface area contributed by atoms with Gasteiger partial charge in [0.2, 0.25) is 0 Å². The van der Waals surface area contributed by atoms with Crippen LogP contribution in [-0.4, -0.2) is 51.1 Å². The number of carboxylic acids is 1. The Labute approximate surface area is 318 Å². The molecule has 5 rings (SSSR count). The number of carbonyl (C=O) groups is 2. The van der Waals surface area contributed by atoms with Crippen molar-refractivity contribution in [2.45, 2.75) is 70.9 Å². The molecule has 0 radical (unpaired) electrons. The number of aliphatic carboxylic acids is 1. The Hall–Kier alpha value is -4.10. The van der Waals surface area contributed by atoms with Gasteiger partial charge in [-0.25, -0.2) is 4.39 Å². The molecule has 0 bridgehead atoms. The first-order valence-corrected chi connectivity index (χ1v) is 16.5. The third kappa shape index (κ3) is 10.0. The maximum absolute atomic E-state index is 14.4. The van der Waals surface area contributed by atoms with Crippen LogP contribution in [0.2, 0.25) is 0 Å². The van der Waals surface area contributed by atoms with Crippen molar-refractivity contribution in [3.8, 4) is 33.6 Å². The maximum Gasteiger partial charge on any atom is 1.00 e. The Morgan fingerprint density at radius 2 is 1.63 bits per heavy atom. The van der Waals surface area contributed by atoms with Gasteiger partial charge in [-0.3, -0.25) is 4.79 Å². The second-order valence-corrected chi connectivity index (χ2v) is 12.5. The molecule has 0 fully saturated rings. The Morgan fingerprint density at radius 1 is 0.941 bits per heavy atom. The molecule has 0 aliphatic carbocycles. The van der Waals surface area contributed by atoms with E-state index in [1.807, 2.05) is 73.0 Å². The second-order valence-electron chi connectivity index (χ2n) is 12.5. The normalized spacial score (nSPS) is 12.4. The fraction of sp³-hybridized carbons (Fsp3) is 0.308. The van der Waals surface area contributed by atoms with E-state index >= 15 is 0 Å². The average Bonchev–Trinajstić information content (AvgIpc) is 3.70. The monoisotopic (exact) mass is 705 g/mol. The molecule has 262 valence electrons. The van der Waals surface area contributed by atoms with Crippen LogP contribution in [0.5, 0.6) is 0 Å². The second kappa shape index (κ2) is 18.4. The molecule has 0 saturated heterocycles. The summed E-state index contributed by atoms with van der Waals surface area (Å²) < 4.78 is 26.9. The minimum atomic E-state index is -1.40. The summed E-state index contributed by atoms with van der Waals surface area (Å²) in [5, 5.41) is 39.1. The van der Waals surface area contributed by atoms with Crippen molar-refractivity contribution in [2.24, 2.45) is 0 Å². The number of ether oxygens (including phenoxy) is 1. The number of aromatic nitrogens is 2. The molecule has 2 heterocycles. The van der Waals surface area contributed by atoms with Crippen LogP contribution in [0.15, 0.2) is 89.5 Å². The largest absolute Gasteiger partial charge is 1.00 e. The summed E-state index contributed by atoms with van der Waals surface area (Å²) >= 11 is 0. The Kier molecular flexibility index (Phi) is 14.3. The van der Waals surface area contributed by atoms with Crippen LogP contribution in [0.1, 0.15) is 66.6 Å². The van der Waals surface area contributed by atoms with Gasteiger partial charge in [-0.15, -0.1) is 0 Å². The molecule has 2 atom stereocenters. The van der Waals surface area contributed by atoms with Gasteiger partial charge < -0.3 is 39.3 Å². The number of carbonyl (C=O) groups excluding carboxylic acids is 2. The van der Waals surface area contributed by atoms with Gasteiger partial charge in [-0.2, -0.15) is 0 Å². The molecule has 0 aliphatic rings. The van der Waals surface area contributed by atoms with Gasteiger partial charge in [0.15, 0.2) is 5.76 Å². The molecule has 2 aromatic heterocycles. The minimum Gasteiger partial charge on any atom is -0.550 e. The molecule has 12 heteroatoms. The summed E-state index contributed by atoms with van der Waals surface area (Å²) in [5.41, 5.74) is 6.22. The van der Waals surface area contributed by atoms with Gasteiger partial charge in [0.1, 0.15) is 17.2 Å². The van der Waals surface area contributed by atoms with E-state index in [1.54, 1.807) is 25.3 Å². The number of aliphatic hydroxyl groups excluding tert-OH is 2. The Morgan fingerprint density at radius 3 is 2.29 bits per heavy atom. The molecule has 0 saturated carbocycles. The van der Waals surface area contributed by atoms with Gasteiger partial charge >= 0.3 is 29.6 Å². The minimum absolute atomic E-state index is 0. The summed E-state index contributed by atoms with van der Waals surface area (Å²) in [7, 11) is 1.63. The zero-order chi connectivity index (χ0) is 35.8. The van der Waals surface area contributed by atoms with E-state index in [-0.39, 0.29) is 67.3 Å². The first kappa shape index (κ1) is 39.7. The molecule has 10 nitrogen and oxygen atoms in total. The number of hydrogen-bond donors (Lipinski definition) is 3. The van der Waals surface area contributed by atoms with E-state index in [1.165, 1.54) is 12.1 Å². The number of hydrogen-bond acceptors (Lipinski definition) is 8. The molecule has 0 aliphatic heterocycles. The van der Waals surface area contributed by atoms with Gasteiger partial charge in [0.05, 0.1) is 25.4 Å². The van der Waals surface area contributed by atoms with E-state index in [9.17, 15) is 29.3 Å². The van der Waals surface area contributed by atoms with Gasteiger partial charge in [0, 0.05) is 54.0 Å².